The number of anilines is 1. The van der Waals surface area contributed by atoms with Crippen LogP contribution in [0.5, 0.6) is 0 Å². The molecule has 2 aromatic heterocycles. The number of hydrogen-bond donors (Lipinski definition) is 2. The third-order valence-corrected chi connectivity index (χ3v) is 6.76. The number of aryl methyl sites for hydroxylation is 1. The first-order chi connectivity index (χ1) is 12.9. The first-order valence-corrected chi connectivity index (χ1v) is 9.49. The zero-order valence-corrected chi connectivity index (χ0v) is 15.2. The molecule has 7 nitrogen and oxygen atoms in total. The summed E-state index contributed by atoms with van der Waals surface area (Å²) >= 11 is 0. The van der Waals surface area contributed by atoms with Crippen molar-refractivity contribution < 1.29 is 9.50 Å². The van der Waals surface area contributed by atoms with Gasteiger partial charge in [0.25, 0.3) is 5.56 Å². The number of pyridine rings is 1. The average Bonchev–Trinajstić information content (AvgIpc) is 3.54. The van der Waals surface area contributed by atoms with Crippen LogP contribution in [0.1, 0.15) is 42.7 Å². The van der Waals surface area contributed by atoms with Crippen LogP contribution in [-0.2, 0) is 0 Å². The first-order valence-electron chi connectivity index (χ1n) is 9.49. The fourth-order valence-corrected chi connectivity index (χ4v) is 4.94. The molecule has 2 aliphatic carbocycles. The highest BCUT2D eigenvalue weighted by atomic mass is 19.1. The van der Waals surface area contributed by atoms with E-state index in [2.05, 4.69) is 0 Å². The van der Waals surface area contributed by atoms with Crippen LogP contribution in [0.15, 0.2) is 15.8 Å². The van der Waals surface area contributed by atoms with Crippen molar-refractivity contribution in [3.8, 4) is 0 Å². The molecule has 5 rings (SSSR count). The maximum absolute atomic E-state index is 15.1. The minimum Gasteiger partial charge on any atom is -0.396 e. The van der Waals surface area contributed by atoms with Gasteiger partial charge in [0.15, 0.2) is 5.82 Å². The summed E-state index contributed by atoms with van der Waals surface area (Å²) in [7, 11) is 0. The number of fused-ring (bicyclic) bond motifs is 1. The van der Waals surface area contributed by atoms with Gasteiger partial charge in [-0.25, -0.2) is 9.18 Å². The molecule has 2 aromatic rings. The molecule has 1 spiro atoms. The minimum absolute atomic E-state index is 0.0680. The Balaban J connectivity index is 1.76. The van der Waals surface area contributed by atoms with Gasteiger partial charge in [0.2, 0.25) is 0 Å². The van der Waals surface area contributed by atoms with Crippen LogP contribution in [0.4, 0.5) is 10.1 Å². The van der Waals surface area contributed by atoms with Crippen molar-refractivity contribution in [2.24, 2.45) is 11.3 Å². The lowest BCUT2D eigenvalue weighted by atomic mass is 9.94. The molecule has 0 aromatic carbocycles. The van der Waals surface area contributed by atoms with E-state index in [4.69, 9.17) is 5.84 Å². The highest BCUT2D eigenvalue weighted by molar-refractivity contribution is 5.73. The largest absolute Gasteiger partial charge is 0.396 e. The number of aliphatic hydroxyl groups is 1. The lowest BCUT2D eigenvalue weighted by molar-refractivity contribution is 0.197. The van der Waals surface area contributed by atoms with Crippen molar-refractivity contribution in [3.05, 3.63) is 44.0 Å². The van der Waals surface area contributed by atoms with Crippen molar-refractivity contribution in [3.63, 3.8) is 0 Å². The molecule has 144 valence electrons. The number of nitrogens with two attached hydrogens (primary N) is 1. The molecule has 3 aliphatic rings. The Bertz CT molecular complexity index is 1080. The van der Waals surface area contributed by atoms with Gasteiger partial charge >= 0.3 is 5.69 Å². The molecule has 0 amide bonds. The number of halogens is 1. The zero-order valence-electron chi connectivity index (χ0n) is 15.2. The quantitative estimate of drug-likeness (QED) is 0.772. The van der Waals surface area contributed by atoms with Crippen LogP contribution in [0, 0.1) is 24.1 Å². The van der Waals surface area contributed by atoms with Crippen LogP contribution >= 0.6 is 0 Å². The number of nitrogens with zero attached hydrogens (tertiary/aromatic N) is 3. The second-order valence-corrected chi connectivity index (χ2v) is 8.44. The van der Waals surface area contributed by atoms with E-state index in [1.807, 2.05) is 4.90 Å². The summed E-state index contributed by atoms with van der Waals surface area (Å²) in [5, 5.41) is 9.72. The minimum atomic E-state index is -0.735. The number of rotatable bonds is 3. The normalized spacial score (nSPS) is 23.5. The Kier molecular flexibility index (Phi) is 3.32. The fraction of sp³-hybridized carbons (Fsp3) is 0.579. The second kappa shape index (κ2) is 5.34. The number of aromatic nitrogens is 2. The molecule has 1 saturated heterocycles. The van der Waals surface area contributed by atoms with Gasteiger partial charge in [0.05, 0.1) is 17.4 Å². The van der Waals surface area contributed by atoms with E-state index in [-0.39, 0.29) is 23.9 Å². The summed E-state index contributed by atoms with van der Waals surface area (Å²) in [5.41, 5.74) is 0.892. The lowest BCUT2D eigenvalue weighted by Crippen LogP contribution is -2.44. The standard InChI is InChI=1S/C19H23FN4O3/c1-10-15(22-6-12(8-25)19(9-22)4-5-19)13(20)7-23-16(10)14(11-2-3-11)17(26)24(21)18(23)27/h7,11-12,25H,2-6,8-9,21H2,1H3. The van der Waals surface area contributed by atoms with E-state index in [1.165, 1.54) is 4.40 Å². The Morgan fingerprint density at radius 3 is 2.59 bits per heavy atom. The van der Waals surface area contributed by atoms with Crippen LogP contribution in [-0.4, -0.2) is 33.9 Å². The SMILES string of the molecule is Cc1c(N2CC(CO)C3(CC3)C2)c(F)cn2c(=O)n(N)c(=O)c(C3CC3)c12. The van der Waals surface area contributed by atoms with Crippen LogP contribution in [0.3, 0.4) is 0 Å². The van der Waals surface area contributed by atoms with E-state index in [1.54, 1.807) is 6.92 Å². The smallest absolute Gasteiger partial charge is 0.354 e. The molecule has 1 atom stereocenters. The van der Waals surface area contributed by atoms with Gasteiger partial charge in [0.1, 0.15) is 0 Å². The number of hydrogen-bond acceptors (Lipinski definition) is 5. The monoisotopic (exact) mass is 374 g/mol. The van der Waals surface area contributed by atoms with Gasteiger partial charge in [0, 0.05) is 36.7 Å². The summed E-state index contributed by atoms with van der Waals surface area (Å²) in [6.45, 7) is 3.14. The van der Waals surface area contributed by atoms with Gasteiger partial charge in [-0.1, -0.05) is 0 Å². The Morgan fingerprint density at radius 1 is 1.33 bits per heavy atom. The second-order valence-electron chi connectivity index (χ2n) is 8.44. The molecular weight excluding hydrogens is 351 g/mol. The van der Waals surface area contributed by atoms with Crippen LogP contribution in [0.25, 0.3) is 5.52 Å². The van der Waals surface area contributed by atoms with Crippen molar-refractivity contribution in [1.29, 1.82) is 0 Å². The maximum Gasteiger partial charge on any atom is 0.354 e. The third kappa shape index (κ3) is 2.22. The van der Waals surface area contributed by atoms with E-state index in [0.29, 0.717) is 40.1 Å². The topological polar surface area (TPSA) is 93.0 Å². The van der Waals surface area contributed by atoms with Gasteiger partial charge in [-0.3, -0.25) is 9.20 Å². The fourth-order valence-electron chi connectivity index (χ4n) is 4.94. The van der Waals surface area contributed by atoms with Crippen LogP contribution < -0.4 is 22.0 Å². The van der Waals surface area contributed by atoms with Crippen molar-refractivity contribution in [1.82, 2.24) is 9.08 Å². The molecule has 3 N–H and O–H groups in total. The summed E-state index contributed by atoms with van der Waals surface area (Å²) < 4.78 is 16.9. The van der Waals surface area contributed by atoms with Crippen LogP contribution in [0.2, 0.25) is 0 Å². The maximum atomic E-state index is 15.1. The highest BCUT2D eigenvalue weighted by Crippen LogP contribution is 2.57. The Hall–Kier alpha value is -2.35. The highest BCUT2D eigenvalue weighted by Gasteiger charge is 2.55. The number of aliphatic hydroxyl groups excluding tert-OH is 1. The molecule has 3 fully saturated rings. The van der Waals surface area contributed by atoms with E-state index < -0.39 is 17.1 Å². The Morgan fingerprint density at radius 2 is 2.04 bits per heavy atom. The molecule has 8 heteroatoms. The van der Waals surface area contributed by atoms with E-state index in [0.717, 1.165) is 31.9 Å². The van der Waals surface area contributed by atoms with Gasteiger partial charge in [-0.15, -0.1) is 0 Å². The van der Waals surface area contributed by atoms with E-state index >= 15 is 4.39 Å². The summed E-state index contributed by atoms with van der Waals surface area (Å²) in [6.07, 6.45) is 4.99. The number of nitrogen functional groups attached to an aromatic ring is 1. The zero-order chi connectivity index (χ0) is 19.1. The molecule has 0 bridgehead atoms. The predicted octanol–water partition coefficient (Wildman–Crippen LogP) is 0.709. The molecule has 3 heterocycles. The Labute approximate surface area is 154 Å². The molecule has 27 heavy (non-hydrogen) atoms. The summed E-state index contributed by atoms with van der Waals surface area (Å²) in [5.74, 6) is 5.36. The van der Waals surface area contributed by atoms with Crippen molar-refractivity contribution in [2.75, 3.05) is 30.4 Å². The molecule has 1 aliphatic heterocycles. The van der Waals surface area contributed by atoms with E-state index in [9.17, 15) is 14.7 Å². The van der Waals surface area contributed by atoms with Gasteiger partial charge in [-0.2, -0.15) is 4.68 Å². The first kappa shape index (κ1) is 16.8. The summed E-state index contributed by atoms with van der Waals surface area (Å²) in [4.78, 5) is 27.1. The lowest BCUT2D eigenvalue weighted by Gasteiger charge is -2.24. The molecule has 1 unspecified atom stereocenters. The van der Waals surface area contributed by atoms with Gasteiger partial charge in [-0.05, 0) is 43.9 Å². The molecule has 2 saturated carbocycles. The third-order valence-electron chi connectivity index (χ3n) is 6.76. The van der Waals surface area contributed by atoms with Gasteiger partial charge < -0.3 is 15.8 Å². The molecule has 0 radical (unpaired) electrons. The predicted molar refractivity (Wildman–Crippen MR) is 99.2 cm³/mol. The van der Waals surface area contributed by atoms with Crippen molar-refractivity contribution in [2.45, 2.75) is 38.5 Å². The molecular formula is C19H23FN4O3. The summed E-state index contributed by atoms with van der Waals surface area (Å²) in [6, 6.07) is 0. The van der Waals surface area contributed by atoms with Crippen molar-refractivity contribution >= 4 is 11.2 Å². The average molecular weight is 374 g/mol.